The lowest BCUT2D eigenvalue weighted by Gasteiger charge is -2.30. The third-order valence-corrected chi connectivity index (χ3v) is 4.82. The Morgan fingerprint density at radius 3 is 2.65 bits per heavy atom. The van der Waals surface area contributed by atoms with Crippen molar-refractivity contribution in [3.63, 3.8) is 0 Å². The first-order valence-corrected chi connectivity index (χ1v) is 8.03. The van der Waals surface area contributed by atoms with Crippen LogP contribution in [0.2, 0.25) is 0 Å². The molecule has 0 bridgehead atoms. The number of hydrogen-bond acceptors (Lipinski definition) is 1. The smallest absolute Gasteiger partial charge is 0.254 e. The number of alkyl halides is 1. The van der Waals surface area contributed by atoms with Gasteiger partial charge in [-0.3, -0.25) is 4.79 Å². The molecule has 1 amide bonds. The second-order valence-electron chi connectivity index (χ2n) is 5.27. The molecule has 0 spiro atoms. The van der Waals surface area contributed by atoms with Crippen LogP contribution in [0.1, 0.15) is 36.0 Å². The average Bonchev–Trinajstić information content (AvgIpc) is 2.48. The van der Waals surface area contributed by atoms with E-state index in [-0.39, 0.29) is 5.56 Å². The number of amides is 1. The van der Waals surface area contributed by atoms with Crippen molar-refractivity contribution in [2.75, 3.05) is 11.9 Å². The van der Waals surface area contributed by atoms with Gasteiger partial charge in [-0.05, 0) is 36.8 Å². The third kappa shape index (κ3) is 3.57. The van der Waals surface area contributed by atoms with Gasteiger partial charge in [-0.15, -0.1) is 0 Å². The fourth-order valence-electron chi connectivity index (χ4n) is 2.75. The van der Waals surface area contributed by atoms with Crippen LogP contribution < -0.4 is 5.32 Å². The zero-order chi connectivity index (χ0) is 14.5. The Kier molecular flexibility index (Phi) is 5.52. The van der Waals surface area contributed by atoms with Gasteiger partial charge in [0.2, 0.25) is 0 Å². The van der Waals surface area contributed by atoms with Crippen LogP contribution in [0.15, 0.2) is 18.2 Å². The van der Waals surface area contributed by atoms with Crippen molar-refractivity contribution in [2.45, 2.75) is 25.7 Å². The van der Waals surface area contributed by atoms with Gasteiger partial charge in [0, 0.05) is 11.9 Å². The van der Waals surface area contributed by atoms with E-state index in [4.69, 9.17) is 0 Å². The molecule has 0 aromatic heterocycles. The zero-order valence-electron chi connectivity index (χ0n) is 11.2. The summed E-state index contributed by atoms with van der Waals surface area (Å²) in [5, 5.41) is 3.65. The molecule has 1 aliphatic rings. The van der Waals surface area contributed by atoms with Crippen molar-refractivity contribution in [3.8, 4) is 0 Å². The molecule has 20 heavy (non-hydrogen) atoms. The van der Waals surface area contributed by atoms with Gasteiger partial charge in [0.15, 0.2) is 11.6 Å². The first kappa shape index (κ1) is 15.4. The van der Waals surface area contributed by atoms with Crippen LogP contribution in [0.4, 0.5) is 8.78 Å². The Balaban J connectivity index is 1.96. The molecule has 0 radical (unpaired) electrons. The molecule has 2 nitrogen and oxygen atoms in total. The highest BCUT2D eigenvalue weighted by Crippen LogP contribution is 2.30. The number of benzene rings is 1. The molecule has 0 heterocycles. The van der Waals surface area contributed by atoms with E-state index in [0.717, 1.165) is 24.2 Å². The fraction of sp³-hybridized carbons (Fsp3) is 0.533. The normalized spacial score (nSPS) is 22.6. The summed E-state index contributed by atoms with van der Waals surface area (Å²) in [5.41, 5.74) is -0.226. The van der Waals surface area contributed by atoms with Gasteiger partial charge in [-0.1, -0.05) is 34.8 Å². The number of carbonyl (C=O) groups excluding carboxylic acids is 1. The summed E-state index contributed by atoms with van der Waals surface area (Å²) < 4.78 is 26.6. The highest BCUT2D eigenvalue weighted by atomic mass is 79.9. The lowest BCUT2D eigenvalue weighted by atomic mass is 9.80. The van der Waals surface area contributed by atoms with E-state index in [2.05, 4.69) is 21.2 Å². The maximum atomic E-state index is 13.5. The quantitative estimate of drug-likeness (QED) is 0.824. The van der Waals surface area contributed by atoms with Gasteiger partial charge in [0.25, 0.3) is 5.91 Å². The van der Waals surface area contributed by atoms with E-state index in [1.807, 2.05) is 0 Å². The monoisotopic (exact) mass is 345 g/mol. The van der Waals surface area contributed by atoms with Crippen molar-refractivity contribution < 1.29 is 13.6 Å². The molecule has 2 rings (SSSR count). The highest BCUT2D eigenvalue weighted by molar-refractivity contribution is 9.09. The summed E-state index contributed by atoms with van der Waals surface area (Å²) in [4.78, 5) is 11.9. The van der Waals surface area contributed by atoms with E-state index in [1.54, 1.807) is 0 Å². The minimum absolute atomic E-state index is 0.226. The van der Waals surface area contributed by atoms with E-state index in [1.165, 1.54) is 25.0 Å². The molecule has 1 N–H and O–H groups in total. The summed E-state index contributed by atoms with van der Waals surface area (Å²) >= 11 is 3.50. The van der Waals surface area contributed by atoms with Gasteiger partial charge >= 0.3 is 0 Å². The molecule has 5 heteroatoms. The molecule has 1 aliphatic carbocycles. The standard InChI is InChI=1S/C15H18BrF2NO/c16-8-10-4-1-2-5-11(10)9-19-15(20)12-6-3-7-13(17)14(12)18/h3,6-7,10-11H,1-2,4-5,8-9H2,(H,19,20). The van der Waals surface area contributed by atoms with Gasteiger partial charge in [0.1, 0.15) is 0 Å². The van der Waals surface area contributed by atoms with Gasteiger partial charge in [0.05, 0.1) is 5.56 Å². The minimum Gasteiger partial charge on any atom is -0.352 e. The van der Waals surface area contributed by atoms with Crippen molar-refractivity contribution in [2.24, 2.45) is 11.8 Å². The second-order valence-corrected chi connectivity index (χ2v) is 5.92. The minimum atomic E-state index is -1.08. The zero-order valence-corrected chi connectivity index (χ0v) is 12.8. The summed E-state index contributed by atoms with van der Waals surface area (Å²) in [6.45, 7) is 0.519. The number of halogens is 3. The predicted octanol–water partition coefficient (Wildman–Crippen LogP) is 3.90. The molecule has 1 fully saturated rings. The second kappa shape index (κ2) is 7.16. The lowest BCUT2D eigenvalue weighted by molar-refractivity contribution is 0.0932. The van der Waals surface area contributed by atoms with E-state index >= 15 is 0 Å². The van der Waals surface area contributed by atoms with E-state index in [0.29, 0.717) is 18.4 Å². The van der Waals surface area contributed by atoms with Gasteiger partial charge in [-0.2, -0.15) is 0 Å². The Morgan fingerprint density at radius 1 is 1.25 bits per heavy atom. The van der Waals surface area contributed by atoms with Gasteiger partial charge < -0.3 is 5.32 Å². The largest absolute Gasteiger partial charge is 0.352 e. The van der Waals surface area contributed by atoms with Crippen LogP contribution in [-0.4, -0.2) is 17.8 Å². The molecule has 0 saturated heterocycles. The summed E-state index contributed by atoms with van der Waals surface area (Å²) in [6, 6.07) is 3.65. The molecular formula is C15H18BrF2NO. The molecule has 2 unspecified atom stereocenters. The molecule has 110 valence electrons. The van der Waals surface area contributed by atoms with Crippen molar-refractivity contribution in [3.05, 3.63) is 35.4 Å². The SMILES string of the molecule is O=C(NCC1CCCCC1CBr)c1cccc(F)c1F. The maximum Gasteiger partial charge on any atom is 0.254 e. The topological polar surface area (TPSA) is 29.1 Å². The maximum absolute atomic E-state index is 13.5. The average molecular weight is 346 g/mol. The predicted molar refractivity (Wildman–Crippen MR) is 77.9 cm³/mol. The first-order chi connectivity index (χ1) is 9.63. The van der Waals surface area contributed by atoms with E-state index in [9.17, 15) is 13.6 Å². The Labute approximate surface area is 126 Å². The Hall–Kier alpha value is -0.970. The van der Waals surface area contributed by atoms with Crippen molar-refractivity contribution >= 4 is 21.8 Å². The van der Waals surface area contributed by atoms with Crippen LogP contribution in [0.5, 0.6) is 0 Å². The number of nitrogens with one attached hydrogen (secondary N) is 1. The van der Waals surface area contributed by atoms with Crippen LogP contribution in [0, 0.1) is 23.5 Å². The molecular weight excluding hydrogens is 328 g/mol. The highest BCUT2D eigenvalue weighted by Gasteiger charge is 2.25. The Bertz CT molecular complexity index is 481. The summed E-state index contributed by atoms with van der Waals surface area (Å²) in [7, 11) is 0. The first-order valence-electron chi connectivity index (χ1n) is 6.91. The number of carbonyl (C=O) groups is 1. The molecule has 0 aliphatic heterocycles. The van der Waals surface area contributed by atoms with Crippen molar-refractivity contribution in [1.82, 2.24) is 5.32 Å². The van der Waals surface area contributed by atoms with Crippen LogP contribution >= 0.6 is 15.9 Å². The van der Waals surface area contributed by atoms with Crippen LogP contribution in [0.3, 0.4) is 0 Å². The molecule has 1 saturated carbocycles. The summed E-state index contributed by atoms with van der Waals surface area (Å²) in [6.07, 6.45) is 4.61. The lowest BCUT2D eigenvalue weighted by Crippen LogP contribution is -2.35. The fourth-order valence-corrected chi connectivity index (χ4v) is 3.61. The van der Waals surface area contributed by atoms with Gasteiger partial charge in [-0.25, -0.2) is 8.78 Å². The third-order valence-electron chi connectivity index (χ3n) is 3.99. The number of hydrogen-bond donors (Lipinski definition) is 1. The molecule has 1 aromatic rings. The molecule has 2 atom stereocenters. The van der Waals surface area contributed by atoms with Crippen LogP contribution in [-0.2, 0) is 0 Å². The number of rotatable bonds is 4. The van der Waals surface area contributed by atoms with E-state index < -0.39 is 17.5 Å². The Morgan fingerprint density at radius 2 is 1.95 bits per heavy atom. The molecule has 1 aromatic carbocycles. The summed E-state index contributed by atoms with van der Waals surface area (Å²) in [5.74, 6) is -1.66. The van der Waals surface area contributed by atoms with Crippen LogP contribution in [0.25, 0.3) is 0 Å². The van der Waals surface area contributed by atoms with Crippen molar-refractivity contribution in [1.29, 1.82) is 0 Å².